The Bertz CT molecular complexity index is 1150. The van der Waals surface area contributed by atoms with Gasteiger partial charge in [0.1, 0.15) is 5.69 Å². The zero-order valence-electron chi connectivity index (χ0n) is 19.2. The summed E-state index contributed by atoms with van der Waals surface area (Å²) >= 11 is 0. The molecule has 1 aliphatic rings. The van der Waals surface area contributed by atoms with Gasteiger partial charge in [0.15, 0.2) is 5.82 Å². The number of hydrogen-bond acceptors (Lipinski definition) is 6. The number of benzene rings is 2. The minimum atomic E-state index is 0. The number of nitrogens with one attached hydrogen (secondary N) is 1. The predicted octanol–water partition coefficient (Wildman–Crippen LogP) is 4.35. The minimum absolute atomic E-state index is 0. The van der Waals surface area contributed by atoms with E-state index in [1.807, 2.05) is 12.4 Å². The van der Waals surface area contributed by atoms with Crippen molar-refractivity contribution in [2.45, 2.75) is 12.6 Å². The molecule has 1 aliphatic heterocycles. The van der Waals surface area contributed by atoms with Gasteiger partial charge in [-0.25, -0.2) is 4.98 Å². The number of hydrogen-bond donors (Lipinski definition) is 1. The largest absolute Gasteiger partial charge is 0.380 e. The van der Waals surface area contributed by atoms with Crippen molar-refractivity contribution in [2.24, 2.45) is 0 Å². The van der Waals surface area contributed by atoms with E-state index in [2.05, 4.69) is 79.6 Å². The average molecular weight is 477 g/mol. The lowest BCUT2D eigenvalue weighted by Gasteiger charge is -2.40. The Morgan fingerprint density at radius 1 is 0.912 bits per heavy atom. The van der Waals surface area contributed by atoms with Crippen LogP contribution in [0.25, 0.3) is 11.3 Å². The van der Waals surface area contributed by atoms with E-state index in [0.29, 0.717) is 6.61 Å². The van der Waals surface area contributed by atoms with E-state index >= 15 is 0 Å². The van der Waals surface area contributed by atoms with Crippen molar-refractivity contribution in [1.29, 1.82) is 0 Å². The molecule has 2 aromatic carbocycles. The summed E-state index contributed by atoms with van der Waals surface area (Å²) in [5.74, 6) is 0.941. The quantitative estimate of drug-likeness (QED) is 0.427. The fourth-order valence-corrected chi connectivity index (χ4v) is 4.54. The molecule has 34 heavy (non-hydrogen) atoms. The Hall–Kier alpha value is -3.26. The summed E-state index contributed by atoms with van der Waals surface area (Å²) < 4.78 is 5.23. The van der Waals surface area contributed by atoms with E-state index < -0.39 is 0 Å². The molecule has 2 aromatic heterocycles. The standard InChI is InChI=1S/C26H28N6O.ClH/c1-33-19-20-7-9-21(10-8-20)24-26(28-12-11-27-24)32-15-13-31(14-16-32)25(23-17-29-30-18-23)22-5-3-2-4-6-22;/h2-12,17-18,25H,13-16,19H2,1H3,(H,29,30);1H. The van der Waals surface area contributed by atoms with Crippen LogP contribution in [0.4, 0.5) is 5.82 Å². The maximum Gasteiger partial charge on any atom is 0.155 e. The molecule has 176 valence electrons. The number of H-pyrrole nitrogens is 1. The van der Waals surface area contributed by atoms with Crippen molar-refractivity contribution >= 4 is 18.2 Å². The third kappa shape index (κ3) is 5.12. The van der Waals surface area contributed by atoms with Gasteiger partial charge in [-0.15, -0.1) is 12.4 Å². The summed E-state index contributed by atoms with van der Waals surface area (Å²) in [6.45, 7) is 4.22. The second-order valence-corrected chi connectivity index (χ2v) is 8.23. The highest BCUT2D eigenvalue weighted by molar-refractivity contribution is 5.85. The summed E-state index contributed by atoms with van der Waals surface area (Å²) in [4.78, 5) is 14.3. The maximum absolute atomic E-state index is 5.23. The van der Waals surface area contributed by atoms with E-state index in [9.17, 15) is 0 Å². The summed E-state index contributed by atoms with van der Waals surface area (Å²) in [6.07, 6.45) is 7.47. The van der Waals surface area contributed by atoms with Crippen molar-refractivity contribution in [3.8, 4) is 11.3 Å². The monoisotopic (exact) mass is 476 g/mol. The number of piperazine rings is 1. The number of halogens is 1. The van der Waals surface area contributed by atoms with Gasteiger partial charge in [-0.2, -0.15) is 5.10 Å². The van der Waals surface area contributed by atoms with Crippen molar-refractivity contribution in [2.75, 3.05) is 38.2 Å². The van der Waals surface area contributed by atoms with Crippen LogP contribution in [-0.4, -0.2) is 58.4 Å². The second kappa shape index (κ2) is 11.2. The molecule has 1 saturated heterocycles. The van der Waals surface area contributed by atoms with Crippen LogP contribution in [0, 0.1) is 0 Å². The van der Waals surface area contributed by atoms with Gasteiger partial charge in [0.2, 0.25) is 0 Å². The number of nitrogens with zero attached hydrogens (tertiary/aromatic N) is 5. The molecule has 5 rings (SSSR count). The van der Waals surface area contributed by atoms with Gasteiger partial charge in [0.25, 0.3) is 0 Å². The van der Waals surface area contributed by atoms with E-state index in [0.717, 1.165) is 48.8 Å². The molecule has 3 heterocycles. The lowest BCUT2D eigenvalue weighted by molar-refractivity contribution is 0.185. The summed E-state index contributed by atoms with van der Waals surface area (Å²) in [5, 5.41) is 7.18. The molecule has 4 aromatic rings. The molecule has 0 amide bonds. The normalized spacial score (nSPS) is 15.0. The summed E-state index contributed by atoms with van der Waals surface area (Å²) in [6, 6.07) is 19.2. The Labute approximate surface area is 206 Å². The number of rotatable bonds is 7. The Kier molecular flexibility index (Phi) is 7.90. The molecule has 1 atom stereocenters. The number of methoxy groups -OCH3 is 1. The SMILES string of the molecule is COCc1ccc(-c2nccnc2N2CCN(C(c3ccccc3)c3cn[nH]c3)CC2)cc1.Cl. The number of aromatic amines is 1. The van der Waals surface area contributed by atoms with Gasteiger partial charge in [-0.3, -0.25) is 15.0 Å². The smallest absolute Gasteiger partial charge is 0.155 e. The molecule has 1 N–H and O–H groups in total. The van der Waals surface area contributed by atoms with Crippen LogP contribution in [-0.2, 0) is 11.3 Å². The summed E-state index contributed by atoms with van der Waals surface area (Å²) in [5.41, 5.74) is 5.60. The molecule has 1 unspecified atom stereocenters. The molecule has 0 radical (unpaired) electrons. The predicted molar refractivity (Wildman–Crippen MR) is 136 cm³/mol. The van der Waals surface area contributed by atoms with Crippen LogP contribution >= 0.6 is 12.4 Å². The number of aromatic nitrogens is 4. The topological polar surface area (TPSA) is 70.2 Å². The molecule has 0 aliphatic carbocycles. The molecule has 0 saturated carbocycles. The van der Waals surface area contributed by atoms with E-state index in [1.54, 1.807) is 19.5 Å². The molecular weight excluding hydrogens is 448 g/mol. The highest BCUT2D eigenvalue weighted by atomic mass is 35.5. The first kappa shape index (κ1) is 23.9. The fraction of sp³-hybridized carbons (Fsp3) is 0.269. The van der Waals surface area contributed by atoms with Crippen LogP contribution in [0.5, 0.6) is 0 Å². The fourth-order valence-electron chi connectivity index (χ4n) is 4.54. The zero-order valence-corrected chi connectivity index (χ0v) is 20.0. The van der Waals surface area contributed by atoms with Crippen LogP contribution < -0.4 is 4.90 Å². The summed E-state index contributed by atoms with van der Waals surface area (Å²) in [7, 11) is 1.71. The van der Waals surface area contributed by atoms with Gasteiger partial charge >= 0.3 is 0 Å². The van der Waals surface area contributed by atoms with Crippen molar-refractivity contribution in [3.05, 3.63) is 96.1 Å². The average Bonchev–Trinajstić information content (AvgIpc) is 3.41. The molecule has 8 heteroatoms. The third-order valence-corrected chi connectivity index (χ3v) is 6.15. The molecule has 1 fully saturated rings. The molecule has 0 bridgehead atoms. The van der Waals surface area contributed by atoms with E-state index in [-0.39, 0.29) is 18.4 Å². The number of ether oxygens (including phenoxy) is 1. The second-order valence-electron chi connectivity index (χ2n) is 8.23. The Morgan fingerprint density at radius 2 is 1.65 bits per heavy atom. The van der Waals surface area contributed by atoms with Gasteiger partial charge < -0.3 is 9.64 Å². The van der Waals surface area contributed by atoms with E-state index in [4.69, 9.17) is 9.72 Å². The molecular formula is C26H29ClN6O. The van der Waals surface area contributed by atoms with Crippen molar-refractivity contribution < 1.29 is 4.74 Å². The van der Waals surface area contributed by atoms with Crippen LogP contribution in [0.2, 0.25) is 0 Å². The first-order valence-corrected chi connectivity index (χ1v) is 11.3. The zero-order chi connectivity index (χ0) is 22.5. The van der Waals surface area contributed by atoms with Gasteiger partial charge in [0, 0.05) is 63.0 Å². The first-order valence-electron chi connectivity index (χ1n) is 11.3. The van der Waals surface area contributed by atoms with Gasteiger partial charge in [0.05, 0.1) is 18.8 Å². The first-order chi connectivity index (χ1) is 16.3. The van der Waals surface area contributed by atoms with Crippen LogP contribution in [0.15, 0.2) is 79.4 Å². The lowest BCUT2D eigenvalue weighted by Crippen LogP contribution is -2.48. The highest BCUT2D eigenvalue weighted by Gasteiger charge is 2.28. The lowest BCUT2D eigenvalue weighted by atomic mass is 9.99. The molecule has 7 nitrogen and oxygen atoms in total. The Morgan fingerprint density at radius 3 is 2.32 bits per heavy atom. The Balaban J connectivity index is 0.00000274. The minimum Gasteiger partial charge on any atom is -0.380 e. The highest BCUT2D eigenvalue weighted by Crippen LogP contribution is 2.32. The maximum atomic E-state index is 5.23. The molecule has 0 spiro atoms. The van der Waals surface area contributed by atoms with Gasteiger partial charge in [-0.05, 0) is 11.1 Å². The van der Waals surface area contributed by atoms with Crippen molar-refractivity contribution in [1.82, 2.24) is 25.1 Å². The van der Waals surface area contributed by atoms with Gasteiger partial charge in [-0.1, -0.05) is 54.6 Å². The van der Waals surface area contributed by atoms with E-state index in [1.165, 1.54) is 11.1 Å². The van der Waals surface area contributed by atoms with Crippen molar-refractivity contribution in [3.63, 3.8) is 0 Å². The van der Waals surface area contributed by atoms with Crippen LogP contribution in [0.3, 0.4) is 0 Å². The number of anilines is 1. The van der Waals surface area contributed by atoms with Crippen LogP contribution in [0.1, 0.15) is 22.7 Å². The third-order valence-electron chi connectivity index (χ3n) is 6.15.